The number of nitrogens with one attached hydrogen (secondary N) is 1. The summed E-state index contributed by atoms with van der Waals surface area (Å²) in [5.74, 6) is 0.766. The van der Waals surface area contributed by atoms with Crippen molar-refractivity contribution >= 4 is 12.4 Å². The first-order valence-electron chi connectivity index (χ1n) is 7.03. The van der Waals surface area contributed by atoms with E-state index >= 15 is 0 Å². The Labute approximate surface area is 136 Å². The van der Waals surface area contributed by atoms with Crippen LogP contribution in [-0.2, 0) is 13.1 Å². The molecular formula is C18H18ClN3. The quantitative estimate of drug-likeness (QED) is 0.777. The summed E-state index contributed by atoms with van der Waals surface area (Å²) in [6.07, 6.45) is 3.76. The second kappa shape index (κ2) is 8.27. The van der Waals surface area contributed by atoms with E-state index in [0.717, 1.165) is 30.0 Å². The lowest BCUT2D eigenvalue weighted by Crippen LogP contribution is -2.13. The number of nitrogens with zero attached hydrogens (tertiary/aromatic N) is 2. The number of hydrogen-bond donors (Lipinski definition) is 1. The van der Waals surface area contributed by atoms with Crippen LogP contribution in [0.2, 0.25) is 0 Å². The molecule has 4 heteroatoms. The lowest BCUT2D eigenvalue weighted by Gasteiger charge is -2.05. The van der Waals surface area contributed by atoms with Crippen molar-refractivity contribution in [3.05, 3.63) is 84.2 Å². The molecule has 0 aliphatic rings. The minimum absolute atomic E-state index is 0. The molecule has 1 heterocycles. The van der Waals surface area contributed by atoms with Crippen molar-refractivity contribution in [2.24, 2.45) is 0 Å². The summed E-state index contributed by atoms with van der Waals surface area (Å²) in [6.45, 7) is 1.62. The van der Waals surface area contributed by atoms with Gasteiger partial charge in [0, 0.05) is 36.6 Å². The normalized spacial score (nSPS) is 10.0. The fourth-order valence-corrected chi connectivity index (χ4v) is 2.13. The van der Waals surface area contributed by atoms with Gasteiger partial charge in [-0.1, -0.05) is 60.7 Å². The topological polar surface area (TPSA) is 37.8 Å². The number of hydrogen-bond acceptors (Lipinski definition) is 3. The Balaban J connectivity index is 0.00000176. The molecule has 0 radical (unpaired) electrons. The zero-order valence-electron chi connectivity index (χ0n) is 12.1. The van der Waals surface area contributed by atoms with Crippen molar-refractivity contribution < 1.29 is 0 Å². The van der Waals surface area contributed by atoms with Crippen LogP contribution in [0.1, 0.15) is 11.1 Å². The third kappa shape index (κ3) is 4.38. The predicted octanol–water partition coefficient (Wildman–Crippen LogP) is 3.86. The Morgan fingerprint density at radius 2 is 1.23 bits per heavy atom. The molecule has 0 unspecified atom stereocenters. The monoisotopic (exact) mass is 311 g/mol. The summed E-state index contributed by atoms with van der Waals surface area (Å²) in [6, 6.07) is 20.4. The van der Waals surface area contributed by atoms with E-state index < -0.39 is 0 Å². The zero-order chi connectivity index (χ0) is 14.3. The lowest BCUT2D eigenvalue weighted by atomic mass is 10.2. The lowest BCUT2D eigenvalue weighted by molar-refractivity contribution is 0.689. The Bertz CT molecular complexity index is 670. The summed E-state index contributed by atoms with van der Waals surface area (Å²) in [5, 5.41) is 3.40. The predicted molar refractivity (Wildman–Crippen MR) is 91.7 cm³/mol. The molecule has 3 nitrogen and oxygen atoms in total. The molecule has 0 fully saturated rings. The fourth-order valence-electron chi connectivity index (χ4n) is 2.13. The average Bonchev–Trinajstić information content (AvgIpc) is 2.57. The van der Waals surface area contributed by atoms with Crippen molar-refractivity contribution in [2.75, 3.05) is 0 Å². The van der Waals surface area contributed by atoms with Gasteiger partial charge in [0.2, 0.25) is 0 Å². The SMILES string of the molecule is Cl.c1ccc(CNCc2cnc(-c3ccccc3)nc2)cc1. The summed E-state index contributed by atoms with van der Waals surface area (Å²) in [5.41, 5.74) is 3.41. The van der Waals surface area contributed by atoms with Crippen molar-refractivity contribution in [3.63, 3.8) is 0 Å². The molecule has 3 rings (SSSR count). The maximum atomic E-state index is 4.42. The second-order valence-corrected chi connectivity index (χ2v) is 4.87. The molecule has 0 amide bonds. The maximum Gasteiger partial charge on any atom is 0.159 e. The molecule has 0 saturated heterocycles. The van der Waals surface area contributed by atoms with Gasteiger partial charge in [0.05, 0.1) is 0 Å². The Hall–Kier alpha value is -2.23. The molecule has 1 aromatic heterocycles. The van der Waals surface area contributed by atoms with Crippen LogP contribution in [0.15, 0.2) is 73.1 Å². The first-order chi connectivity index (χ1) is 10.4. The summed E-state index contributed by atoms with van der Waals surface area (Å²) in [7, 11) is 0. The third-order valence-corrected chi connectivity index (χ3v) is 3.24. The largest absolute Gasteiger partial charge is 0.309 e. The van der Waals surface area contributed by atoms with E-state index in [1.165, 1.54) is 5.56 Å². The van der Waals surface area contributed by atoms with Crippen molar-refractivity contribution in [1.29, 1.82) is 0 Å². The van der Waals surface area contributed by atoms with Gasteiger partial charge >= 0.3 is 0 Å². The molecule has 0 spiro atoms. The Morgan fingerprint density at radius 3 is 1.86 bits per heavy atom. The van der Waals surface area contributed by atoms with Gasteiger partial charge in [-0.25, -0.2) is 9.97 Å². The van der Waals surface area contributed by atoms with E-state index in [-0.39, 0.29) is 12.4 Å². The van der Waals surface area contributed by atoms with Gasteiger partial charge in [-0.05, 0) is 5.56 Å². The molecule has 2 aromatic carbocycles. The van der Waals surface area contributed by atoms with Crippen LogP contribution < -0.4 is 5.32 Å². The Kier molecular flexibility index (Phi) is 6.07. The molecular weight excluding hydrogens is 294 g/mol. The molecule has 112 valence electrons. The molecule has 22 heavy (non-hydrogen) atoms. The molecule has 1 N–H and O–H groups in total. The van der Waals surface area contributed by atoms with E-state index in [9.17, 15) is 0 Å². The molecule has 3 aromatic rings. The van der Waals surface area contributed by atoms with Gasteiger partial charge < -0.3 is 5.32 Å². The number of aromatic nitrogens is 2. The van der Waals surface area contributed by atoms with E-state index in [0.29, 0.717) is 0 Å². The highest BCUT2D eigenvalue weighted by Crippen LogP contribution is 2.13. The zero-order valence-corrected chi connectivity index (χ0v) is 13.0. The van der Waals surface area contributed by atoms with Crippen LogP contribution in [0.4, 0.5) is 0 Å². The third-order valence-electron chi connectivity index (χ3n) is 3.24. The van der Waals surface area contributed by atoms with Gasteiger partial charge in [0.25, 0.3) is 0 Å². The van der Waals surface area contributed by atoms with Gasteiger partial charge in [0.15, 0.2) is 5.82 Å². The van der Waals surface area contributed by atoms with Gasteiger partial charge in [-0.2, -0.15) is 0 Å². The van der Waals surface area contributed by atoms with E-state index in [1.54, 1.807) is 0 Å². The molecule has 0 atom stereocenters. The van der Waals surface area contributed by atoms with E-state index in [4.69, 9.17) is 0 Å². The second-order valence-electron chi connectivity index (χ2n) is 4.87. The first-order valence-corrected chi connectivity index (χ1v) is 7.03. The van der Waals surface area contributed by atoms with Crippen LogP contribution in [0.3, 0.4) is 0 Å². The highest BCUT2D eigenvalue weighted by atomic mass is 35.5. The van der Waals surface area contributed by atoms with Gasteiger partial charge in [0.1, 0.15) is 0 Å². The maximum absolute atomic E-state index is 4.42. The number of benzene rings is 2. The summed E-state index contributed by atoms with van der Waals surface area (Å²) >= 11 is 0. The number of halogens is 1. The standard InChI is InChI=1S/C18H17N3.ClH/c1-3-7-15(8-4-1)11-19-12-16-13-20-18(21-14-16)17-9-5-2-6-10-17;/h1-10,13-14,19H,11-12H2;1H. The van der Waals surface area contributed by atoms with Gasteiger partial charge in [-0.3, -0.25) is 0 Å². The van der Waals surface area contributed by atoms with Crippen LogP contribution in [-0.4, -0.2) is 9.97 Å². The van der Waals surface area contributed by atoms with Crippen molar-refractivity contribution in [3.8, 4) is 11.4 Å². The van der Waals surface area contributed by atoms with Crippen LogP contribution >= 0.6 is 12.4 Å². The number of rotatable bonds is 5. The molecule has 0 aliphatic carbocycles. The Morgan fingerprint density at radius 1 is 0.682 bits per heavy atom. The fraction of sp³-hybridized carbons (Fsp3) is 0.111. The molecule has 0 saturated carbocycles. The van der Waals surface area contributed by atoms with Crippen molar-refractivity contribution in [1.82, 2.24) is 15.3 Å². The highest BCUT2D eigenvalue weighted by Gasteiger charge is 2.00. The smallest absolute Gasteiger partial charge is 0.159 e. The first kappa shape index (κ1) is 16.1. The molecule has 0 aliphatic heterocycles. The van der Waals surface area contributed by atoms with E-state index in [1.807, 2.05) is 48.8 Å². The van der Waals surface area contributed by atoms with Crippen molar-refractivity contribution in [2.45, 2.75) is 13.1 Å². The van der Waals surface area contributed by atoms with E-state index in [2.05, 4.69) is 39.6 Å². The minimum atomic E-state index is 0. The van der Waals surface area contributed by atoms with Gasteiger partial charge in [-0.15, -0.1) is 12.4 Å². The minimum Gasteiger partial charge on any atom is -0.309 e. The van der Waals surface area contributed by atoms with Crippen LogP contribution in [0.5, 0.6) is 0 Å². The highest BCUT2D eigenvalue weighted by molar-refractivity contribution is 5.85. The average molecular weight is 312 g/mol. The summed E-state index contributed by atoms with van der Waals surface area (Å²) in [4.78, 5) is 8.85. The van der Waals surface area contributed by atoms with Crippen LogP contribution in [0.25, 0.3) is 11.4 Å². The van der Waals surface area contributed by atoms with Crippen LogP contribution in [0, 0.1) is 0 Å². The molecule has 0 bridgehead atoms. The summed E-state index contributed by atoms with van der Waals surface area (Å²) < 4.78 is 0.